The third-order valence-electron chi connectivity index (χ3n) is 9.89. The first-order valence-electron chi connectivity index (χ1n) is 12.0. The molecule has 8 rings (SSSR count). The van der Waals surface area contributed by atoms with E-state index >= 15 is 0 Å². The molecular formula is C25H31N3O3S2. The summed E-state index contributed by atoms with van der Waals surface area (Å²) in [5, 5.41) is 0. The number of ether oxygens (including phenoxy) is 3. The molecular weight excluding hydrogens is 454 g/mol. The Balaban J connectivity index is 1.39. The van der Waals surface area contributed by atoms with Gasteiger partial charge in [-0.05, 0) is 75.8 Å². The van der Waals surface area contributed by atoms with Crippen LogP contribution >= 0.6 is 23.3 Å². The Bertz CT molecular complexity index is 1140. The van der Waals surface area contributed by atoms with Crippen LogP contribution in [0.5, 0.6) is 11.5 Å². The van der Waals surface area contributed by atoms with Gasteiger partial charge in [-0.15, -0.1) is 0 Å². The summed E-state index contributed by atoms with van der Waals surface area (Å²) in [5.74, 6) is 4.16. The Kier molecular flexibility index (Phi) is 4.36. The topological polar surface area (TPSA) is 56.7 Å². The molecule has 6 unspecified atom stereocenters. The summed E-state index contributed by atoms with van der Waals surface area (Å²) in [4.78, 5) is 7.27. The molecule has 3 heterocycles. The lowest BCUT2D eigenvalue weighted by Gasteiger charge is -2.73. The molecule has 3 saturated carbocycles. The summed E-state index contributed by atoms with van der Waals surface area (Å²) in [6.07, 6.45) is 5.75. The van der Waals surface area contributed by atoms with E-state index in [2.05, 4.69) is 33.4 Å². The van der Waals surface area contributed by atoms with E-state index in [1.165, 1.54) is 35.5 Å². The molecule has 1 saturated heterocycles. The molecule has 33 heavy (non-hydrogen) atoms. The second-order valence-corrected chi connectivity index (χ2v) is 12.7. The minimum absolute atomic E-state index is 0.0242. The van der Waals surface area contributed by atoms with E-state index in [9.17, 15) is 0 Å². The fourth-order valence-electron chi connectivity index (χ4n) is 8.68. The third-order valence-corrected chi connectivity index (χ3v) is 12.0. The Morgan fingerprint density at radius 1 is 1.27 bits per heavy atom. The maximum Gasteiger partial charge on any atom is 0.170 e. The van der Waals surface area contributed by atoms with E-state index in [0.29, 0.717) is 12.0 Å². The molecule has 2 aliphatic heterocycles. The van der Waals surface area contributed by atoms with Crippen molar-refractivity contribution in [2.45, 2.75) is 66.5 Å². The van der Waals surface area contributed by atoms with E-state index in [4.69, 9.17) is 14.2 Å². The van der Waals surface area contributed by atoms with Crippen LogP contribution in [0, 0.1) is 18.3 Å². The fraction of sp³-hybridized carbons (Fsp3) is 0.680. The van der Waals surface area contributed by atoms with Gasteiger partial charge in [0.25, 0.3) is 0 Å². The van der Waals surface area contributed by atoms with Crippen LogP contribution in [0.15, 0.2) is 16.5 Å². The van der Waals surface area contributed by atoms with Crippen LogP contribution in [0.2, 0.25) is 0 Å². The molecule has 4 aliphatic carbocycles. The van der Waals surface area contributed by atoms with Crippen LogP contribution in [-0.2, 0) is 16.6 Å². The summed E-state index contributed by atoms with van der Waals surface area (Å²) in [6.45, 7) is 3.09. The lowest BCUT2D eigenvalue weighted by Crippen LogP contribution is -2.80. The zero-order valence-corrected chi connectivity index (χ0v) is 21.4. The number of hydrogen-bond donors (Lipinski definition) is 0. The fourth-order valence-corrected chi connectivity index (χ4v) is 10.6. The standard InChI is InChI=1S/C25H31N3O3S2/c1-14-26-22(33-27-14)32-13-16-12-23-7-8-25(16,30-4)21-24(23)9-10-28(2)18(23)11-15-5-6-17(29-3)20(31-21)19(15)24/h5-6,16,18,21H,7-13H2,1-4H3. The number of nitrogens with zero attached hydrogens (tertiary/aromatic N) is 3. The van der Waals surface area contributed by atoms with E-state index in [0.717, 1.165) is 53.2 Å². The van der Waals surface area contributed by atoms with Crippen molar-refractivity contribution in [2.75, 3.05) is 33.6 Å². The SMILES string of the molecule is COc1ccc2c3c1OC1C4(OC)CCC5(CC4CSc4nc(C)ns4)C(C2)N(C)CCC315. The normalized spacial score (nSPS) is 39.9. The van der Waals surface area contributed by atoms with Gasteiger partial charge in [-0.1, -0.05) is 17.8 Å². The maximum absolute atomic E-state index is 7.04. The Morgan fingerprint density at radius 3 is 2.91 bits per heavy atom. The van der Waals surface area contributed by atoms with Crippen LogP contribution in [0.4, 0.5) is 0 Å². The zero-order chi connectivity index (χ0) is 22.6. The van der Waals surface area contributed by atoms with Crippen molar-refractivity contribution in [1.29, 1.82) is 0 Å². The van der Waals surface area contributed by atoms with E-state index < -0.39 is 0 Å². The Labute approximate surface area is 203 Å². The van der Waals surface area contributed by atoms with Crippen molar-refractivity contribution in [3.05, 3.63) is 29.1 Å². The number of hydrogen-bond acceptors (Lipinski definition) is 8. The van der Waals surface area contributed by atoms with Crippen molar-refractivity contribution in [3.63, 3.8) is 0 Å². The number of methoxy groups -OCH3 is 2. The molecule has 6 aliphatic rings. The Hall–Kier alpha value is -1.35. The highest BCUT2D eigenvalue weighted by Crippen LogP contribution is 2.76. The zero-order valence-electron chi connectivity index (χ0n) is 19.7. The van der Waals surface area contributed by atoms with Gasteiger partial charge in [0.05, 0.1) is 7.11 Å². The van der Waals surface area contributed by atoms with Crippen LogP contribution < -0.4 is 9.47 Å². The van der Waals surface area contributed by atoms with Crippen LogP contribution in [-0.4, -0.2) is 65.6 Å². The van der Waals surface area contributed by atoms with Crippen molar-refractivity contribution >= 4 is 23.3 Å². The van der Waals surface area contributed by atoms with Crippen molar-refractivity contribution in [1.82, 2.24) is 14.3 Å². The van der Waals surface area contributed by atoms with Crippen LogP contribution in [0.1, 0.15) is 42.6 Å². The van der Waals surface area contributed by atoms with Crippen molar-refractivity contribution in [3.8, 4) is 11.5 Å². The van der Waals surface area contributed by atoms with Gasteiger partial charge < -0.3 is 19.1 Å². The molecule has 4 fully saturated rings. The minimum Gasteiger partial charge on any atom is -0.493 e. The highest BCUT2D eigenvalue weighted by Gasteiger charge is 2.80. The van der Waals surface area contributed by atoms with Gasteiger partial charge in [-0.3, -0.25) is 0 Å². The van der Waals surface area contributed by atoms with Gasteiger partial charge >= 0.3 is 0 Å². The molecule has 2 aromatic rings. The quantitative estimate of drug-likeness (QED) is 0.591. The van der Waals surface area contributed by atoms with Gasteiger partial charge in [-0.25, -0.2) is 4.98 Å². The minimum atomic E-state index is -0.284. The predicted octanol–water partition coefficient (Wildman–Crippen LogP) is 4.09. The molecule has 8 heteroatoms. The summed E-state index contributed by atoms with van der Waals surface area (Å²) in [5.41, 5.74) is 2.88. The van der Waals surface area contributed by atoms with Crippen molar-refractivity contribution in [2.24, 2.45) is 11.3 Å². The second kappa shape index (κ2) is 6.86. The molecule has 4 bridgehead atoms. The number of piperidine rings is 1. The lowest BCUT2D eigenvalue weighted by molar-refractivity contribution is -0.271. The number of rotatable bonds is 5. The lowest BCUT2D eigenvalue weighted by atomic mass is 9.35. The molecule has 0 radical (unpaired) electrons. The smallest absolute Gasteiger partial charge is 0.170 e. The molecule has 1 aromatic carbocycles. The van der Waals surface area contributed by atoms with Gasteiger partial charge in [-0.2, -0.15) is 4.37 Å². The highest BCUT2D eigenvalue weighted by atomic mass is 32.2. The number of likely N-dealkylation sites (N-methyl/N-ethyl adjacent to an activating group) is 1. The maximum atomic E-state index is 7.04. The summed E-state index contributed by atoms with van der Waals surface area (Å²) >= 11 is 3.36. The van der Waals surface area contributed by atoms with Gasteiger partial charge in [0.15, 0.2) is 15.8 Å². The van der Waals surface area contributed by atoms with E-state index in [1.807, 2.05) is 25.8 Å². The van der Waals surface area contributed by atoms with Gasteiger partial charge in [0.1, 0.15) is 17.5 Å². The average Bonchev–Trinajstić information content (AvgIpc) is 3.41. The number of aromatic nitrogens is 2. The second-order valence-electron chi connectivity index (χ2n) is 10.7. The first kappa shape index (κ1) is 21.0. The Morgan fingerprint density at radius 2 is 2.15 bits per heavy atom. The van der Waals surface area contributed by atoms with Crippen LogP contribution in [0.25, 0.3) is 0 Å². The monoisotopic (exact) mass is 485 g/mol. The van der Waals surface area contributed by atoms with Gasteiger partial charge in [0.2, 0.25) is 0 Å². The summed E-state index contributed by atoms with van der Waals surface area (Å²) in [7, 11) is 6.02. The highest BCUT2D eigenvalue weighted by molar-refractivity contribution is 8.00. The molecule has 2 spiro atoms. The van der Waals surface area contributed by atoms with E-state index in [-0.39, 0.29) is 22.5 Å². The molecule has 0 amide bonds. The summed E-state index contributed by atoms with van der Waals surface area (Å²) < 4.78 is 24.9. The number of benzene rings is 1. The largest absolute Gasteiger partial charge is 0.493 e. The molecule has 0 N–H and O–H groups in total. The summed E-state index contributed by atoms with van der Waals surface area (Å²) in [6, 6.07) is 4.97. The molecule has 6 nitrogen and oxygen atoms in total. The number of aryl methyl sites for hydroxylation is 1. The third kappa shape index (κ3) is 2.34. The average molecular weight is 486 g/mol. The predicted molar refractivity (Wildman–Crippen MR) is 129 cm³/mol. The number of thioether (sulfide) groups is 1. The molecule has 6 atom stereocenters. The van der Waals surface area contributed by atoms with E-state index in [1.54, 1.807) is 7.11 Å². The molecule has 176 valence electrons. The number of fused-ring (bicyclic) bond motifs is 2. The van der Waals surface area contributed by atoms with Crippen LogP contribution in [0.3, 0.4) is 0 Å². The van der Waals surface area contributed by atoms with Gasteiger partial charge in [0, 0.05) is 41.2 Å². The van der Waals surface area contributed by atoms with Crippen molar-refractivity contribution < 1.29 is 14.2 Å². The first-order valence-corrected chi connectivity index (χ1v) is 13.8. The molecule has 1 aromatic heterocycles. The first-order chi connectivity index (χ1) is 16.0. The number of likely N-dealkylation sites (tertiary alicyclic amines) is 1.